The molecule has 3 heteroatoms. The van der Waals surface area contributed by atoms with Gasteiger partial charge in [-0.3, -0.25) is 4.79 Å². The molecule has 0 spiro atoms. The third-order valence-corrected chi connectivity index (χ3v) is 3.78. The van der Waals surface area contributed by atoms with Crippen LogP contribution < -0.4 is 5.73 Å². The lowest BCUT2D eigenvalue weighted by atomic mass is 9.84. The summed E-state index contributed by atoms with van der Waals surface area (Å²) in [5.41, 5.74) is 7.37. The monoisotopic (exact) mass is 222 g/mol. The maximum absolute atomic E-state index is 12.3. The van der Waals surface area contributed by atoms with Crippen LogP contribution in [0.2, 0.25) is 0 Å². The van der Waals surface area contributed by atoms with Gasteiger partial charge in [-0.15, -0.1) is 0 Å². The summed E-state index contributed by atoms with van der Waals surface area (Å²) in [6.45, 7) is 3.78. The first-order chi connectivity index (χ1) is 7.68. The van der Waals surface area contributed by atoms with E-state index in [1.807, 2.05) is 4.90 Å². The number of carbonyl (C=O) groups is 1. The summed E-state index contributed by atoms with van der Waals surface area (Å²) in [5, 5.41) is 0. The highest BCUT2D eigenvalue weighted by Gasteiger charge is 2.31. The molecule has 1 fully saturated rings. The first-order valence-electron chi connectivity index (χ1n) is 6.38. The minimum atomic E-state index is 0.0830. The van der Waals surface area contributed by atoms with Crippen molar-refractivity contribution in [2.45, 2.75) is 45.1 Å². The van der Waals surface area contributed by atoms with E-state index in [-0.39, 0.29) is 12.0 Å². The molecule has 2 aliphatic rings. The fourth-order valence-corrected chi connectivity index (χ4v) is 2.80. The summed E-state index contributed by atoms with van der Waals surface area (Å²) >= 11 is 0. The fourth-order valence-electron chi connectivity index (χ4n) is 2.80. The highest BCUT2D eigenvalue weighted by atomic mass is 16.2. The Morgan fingerprint density at radius 1 is 1.44 bits per heavy atom. The van der Waals surface area contributed by atoms with E-state index in [2.05, 4.69) is 13.0 Å². The Morgan fingerprint density at radius 3 is 2.88 bits per heavy atom. The zero-order chi connectivity index (χ0) is 11.5. The number of hydrogen-bond donors (Lipinski definition) is 1. The minimum absolute atomic E-state index is 0.0830. The average Bonchev–Trinajstić information content (AvgIpc) is 2.29. The number of rotatable bonds is 1. The molecule has 1 aliphatic carbocycles. The van der Waals surface area contributed by atoms with Crippen LogP contribution in [0.3, 0.4) is 0 Å². The Bertz CT molecular complexity index is 298. The molecule has 2 atom stereocenters. The van der Waals surface area contributed by atoms with E-state index in [1.54, 1.807) is 0 Å². The molecule has 0 bridgehead atoms. The van der Waals surface area contributed by atoms with Gasteiger partial charge in [-0.05, 0) is 26.2 Å². The third-order valence-electron chi connectivity index (χ3n) is 3.78. The van der Waals surface area contributed by atoms with Gasteiger partial charge in [0.2, 0.25) is 5.91 Å². The lowest BCUT2D eigenvalue weighted by molar-refractivity contribution is -0.136. The fraction of sp³-hybridized carbons (Fsp3) is 0.769. The predicted octanol–water partition coefficient (Wildman–Crippen LogP) is 1.68. The van der Waals surface area contributed by atoms with Gasteiger partial charge >= 0.3 is 0 Å². The number of hydrogen-bond acceptors (Lipinski definition) is 2. The van der Waals surface area contributed by atoms with Gasteiger partial charge in [-0.1, -0.05) is 24.5 Å². The zero-order valence-electron chi connectivity index (χ0n) is 10.1. The second kappa shape index (κ2) is 5.00. The van der Waals surface area contributed by atoms with E-state index in [1.165, 1.54) is 12.0 Å². The van der Waals surface area contributed by atoms with Crippen LogP contribution in [0, 0.1) is 5.92 Å². The molecule has 2 unspecified atom stereocenters. The first-order valence-corrected chi connectivity index (χ1v) is 6.38. The SMILES string of the molecule is CC1=CCCN(C(=O)C2CCCCC2N)C1. The second-order valence-corrected chi connectivity index (χ2v) is 5.15. The largest absolute Gasteiger partial charge is 0.338 e. The van der Waals surface area contributed by atoms with E-state index >= 15 is 0 Å². The van der Waals surface area contributed by atoms with E-state index < -0.39 is 0 Å². The molecule has 0 aromatic carbocycles. The minimum Gasteiger partial charge on any atom is -0.338 e. The van der Waals surface area contributed by atoms with Gasteiger partial charge in [-0.2, -0.15) is 0 Å². The van der Waals surface area contributed by atoms with Crippen LogP contribution in [0.1, 0.15) is 39.0 Å². The van der Waals surface area contributed by atoms with Crippen molar-refractivity contribution in [2.75, 3.05) is 13.1 Å². The molecule has 2 N–H and O–H groups in total. The molecular formula is C13H22N2O. The Kier molecular flexibility index (Phi) is 3.64. The molecular weight excluding hydrogens is 200 g/mol. The molecule has 16 heavy (non-hydrogen) atoms. The normalized spacial score (nSPS) is 31.1. The lowest BCUT2D eigenvalue weighted by Gasteiger charge is -2.34. The lowest BCUT2D eigenvalue weighted by Crippen LogP contribution is -2.47. The zero-order valence-corrected chi connectivity index (χ0v) is 10.1. The van der Waals surface area contributed by atoms with E-state index in [9.17, 15) is 4.79 Å². The molecule has 0 aromatic rings. The van der Waals surface area contributed by atoms with Crippen molar-refractivity contribution >= 4 is 5.91 Å². The smallest absolute Gasteiger partial charge is 0.227 e. The maximum Gasteiger partial charge on any atom is 0.227 e. The molecule has 90 valence electrons. The Labute approximate surface area is 97.7 Å². The molecule has 1 heterocycles. The van der Waals surface area contributed by atoms with Crippen molar-refractivity contribution in [1.82, 2.24) is 4.90 Å². The highest BCUT2D eigenvalue weighted by molar-refractivity contribution is 5.80. The first kappa shape index (κ1) is 11.6. The van der Waals surface area contributed by atoms with Crippen LogP contribution in [0.5, 0.6) is 0 Å². The Morgan fingerprint density at radius 2 is 2.19 bits per heavy atom. The maximum atomic E-state index is 12.3. The van der Waals surface area contributed by atoms with E-state index in [0.29, 0.717) is 5.91 Å². The molecule has 2 rings (SSSR count). The molecule has 3 nitrogen and oxygen atoms in total. The number of nitrogens with zero attached hydrogens (tertiary/aromatic N) is 1. The predicted molar refractivity (Wildman–Crippen MR) is 64.9 cm³/mol. The van der Waals surface area contributed by atoms with Crippen molar-refractivity contribution in [3.05, 3.63) is 11.6 Å². The number of nitrogens with two attached hydrogens (primary N) is 1. The van der Waals surface area contributed by atoms with Crippen LogP contribution in [0.15, 0.2) is 11.6 Å². The number of carbonyl (C=O) groups excluding carboxylic acids is 1. The summed E-state index contributed by atoms with van der Waals surface area (Å²) in [4.78, 5) is 14.3. The van der Waals surface area contributed by atoms with Crippen LogP contribution in [-0.2, 0) is 4.79 Å². The van der Waals surface area contributed by atoms with Gasteiger partial charge in [0.15, 0.2) is 0 Å². The van der Waals surface area contributed by atoms with E-state index in [4.69, 9.17) is 5.73 Å². The third kappa shape index (κ3) is 2.46. The average molecular weight is 222 g/mol. The van der Waals surface area contributed by atoms with Gasteiger partial charge in [0.1, 0.15) is 0 Å². The molecule has 1 saturated carbocycles. The quantitative estimate of drug-likeness (QED) is 0.686. The Balaban J connectivity index is 1.98. The summed E-state index contributed by atoms with van der Waals surface area (Å²) in [6, 6.07) is 0.0902. The van der Waals surface area contributed by atoms with Crippen LogP contribution in [0.25, 0.3) is 0 Å². The van der Waals surface area contributed by atoms with Gasteiger partial charge in [0, 0.05) is 19.1 Å². The Hall–Kier alpha value is -0.830. The summed E-state index contributed by atoms with van der Waals surface area (Å²) in [5.74, 6) is 0.374. The van der Waals surface area contributed by atoms with Crippen molar-refractivity contribution < 1.29 is 4.79 Å². The van der Waals surface area contributed by atoms with Crippen LogP contribution in [-0.4, -0.2) is 29.9 Å². The van der Waals surface area contributed by atoms with Gasteiger partial charge in [0.05, 0.1) is 5.92 Å². The highest BCUT2D eigenvalue weighted by Crippen LogP contribution is 2.25. The van der Waals surface area contributed by atoms with Crippen molar-refractivity contribution in [3.8, 4) is 0 Å². The standard InChI is InChI=1S/C13H22N2O/c1-10-5-4-8-15(9-10)13(16)11-6-2-3-7-12(11)14/h5,11-12H,2-4,6-9,14H2,1H3. The van der Waals surface area contributed by atoms with Crippen LogP contribution in [0.4, 0.5) is 0 Å². The van der Waals surface area contributed by atoms with Gasteiger partial charge < -0.3 is 10.6 Å². The van der Waals surface area contributed by atoms with Crippen LogP contribution >= 0.6 is 0 Å². The van der Waals surface area contributed by atoms with Gasteiger partial charge in [-0.25, -0.2) is 0 Å². The van der Waals surface area contributed by atoms with Gasteiger partial charge in [0.25, 0.3) is 0 Å². The summed E-state index contributed by atoms with van der Waals surface area (Å²) in [6.07, 6.45) is 7.57. The second-order valence-electron chi connectivity index (χ2n) is 5.15. The van der Waals surface area contributed by atoms with E-state index in [0.717, 1.165) is 38.8 Å². The topological polar surface area (TPSA) is 46.3 Å². The molecule has 1 amide bonds. The molecule has 0 aromatic heterocycles. The number of amides is 1. The van der Waals surface area contributed by atoms with Crippen molar-refractivity contribution in [2.24, 2.45) is 11.7 Å². The van der Waals surface area contributed by atoms with Crippen molar-refractivity contribution in [3.63, 3.8) is 0 Å². The summed E-state index contributed by atoms with van der Waals surface area (Å²) < 4.78 is 0. The molecule has 0 radical (unpaired) electrons. The van der Waals surface area contributed by atoms with Crippen molar-refractivity contribution in [1.29, 1.82) is 0 Å². The molecule has 0 saturated heterocycles. The summed E-state index contributed by atoms with van der Waals surface area (Å²) in [7, 11) is 0. The molecule has 1 aliphatic heterocycles.